The second-order valence-electron chi connectivity index (χ2n) is 6.42. The molecule has 1 aliphatic rings. The van der Waals surface area contributed by atoms with Crippen molar-refractivity contribution in [3.63, 3.8) is 0 Å². The molecular formula is C22H23N4O+. The highest BCUT2D eigenvalue weighted by Crippen LogP contribution is 2.21. The van der Waals surface area contributed by atoms with Crippen LogP contribution in [0.15, 0.2) is 84.1 Å². The second-order valence-corrected chi connectivity index (χ2v) is 6.42. The number of H-pyrrole nitrogens is 1. The molecule has 27 heavy (non-hydrogen) atoms. The molecule has 0 atom stereocenters. The second kappa shape index (κ2) is 8.36. The monoisotopic (exact) mass is 359 g/mol. The first-order valence-electron chi connectivity index (χ1n) is 9.20. The van der Waals surface area contributed by atoms with Crippen LogP contribution in [-0.4, -0.2) is 37.4 Å². The van der Waals surface area contributed by atoms with Crippen molar-refractivity contribution in [1.29, 1.82) is 0 Å². The first-order chi connectivity index (χ1) is 13.4. The summed E-state index contributed by atoms with van der Waals surface area (Å²) in [6.07, 6.45) is 3.87. The Kier molecular flexibility index (Phi) is 5.29. The van der Waals surface area contributed by atoms with Crippen LogP contribution in [0, 0.1) is 0 Å². The molecule has 136 valence electrons. The summed E-state index contributed by atoms with van der Waals surface area (Å²) in [7, 11) is 0. The molecule has 0 radical (unpaired) electrons. The summed E-state index contributed by atoms with van der Waals surface area (Å²) in [5, 5.41) is 6.76. The van der Waals surface area contributed by atoms with E-state index >= 15 is 0 Å². The molecule has 0 saturated carbocycles. The van der Waals surface area contributed by atoms with Gasteiger partial charge in [-0.3, -0.25) is 9.91 Å². The third-order valence-corrected chi connectivity index (χ3v) is 4.50. The Morgan fingerprint density at radius 2 is 1.59 bits per heavy atom. The number of para-hydroxylation sites is 1. The summed E-state index contributed by atoms with van der Waals surface area (Å²) in [4.78, 5) is 5.64. The Labute approximate surface area is 159 Å². The third-order valence-electron chi connectivity index (χ3n) is 4.50. The van der Waals surface area contributed by atoms with Crippen molar-refractivity contribution in [1.82, 2.24) is 5.01 Å². The number of hydrazone groups is 1. The molecule has 1 N–H and O–H groups in total. The van der Waals surface area contributed by atoms with Crippen LogP contribution in [0.5, 0.6) is 11.5 Å². The van der Waals surface area contributed by atoms with Crippen molar-refractivity contribution >= 4 is 12.0 Å². The van der Waals surface area contributed by atoms with E-state index in [4.69, 9.17) is 4.74 Å². The Morgan fingerprint density at radius 3 is 2.37 bits per heavy atom. The van der Waals surface area contributed by atoms with E-state index in [1.54, 1.807) is 0 Å². The van der Waals surface area contributed by atoms with Crippen LogP contribution in [-0.2, 0) is 0 Å². The highest BCUT2D eigenvalue weighted by Gasteiger charge is 2.21. The summed E-state index contributed by atoms with van der Waals surface area (Å²) in [5.41, 5.74) is 1.03. The van der Waals surface area contributed by atoms with Crippen LogP contribution >= 0.6 is 0 Å². The van der Waals surface area contributed by atoms with Gasteiger partial charge in [0, 0.05) is 6.07 Å². The van der Waals surface area contributed by atoms with Gasteiger partial charge in [-0.05, 0) is 35.9 Å². The number of benzene rings is 2. The van der Waals surface area contributed by atoms with Gasteiger partial charge in [0.05, 0.1) is 25.5 Å². The van der Waals surface area contributed by atoms with Gasteiger partial charge in [0.25, 0.3) is 5.82 Å². The molecule has 5 heteroatoms. The number of aromatic amines is 1. The molecule has 3 aromatic rings. The third kappa shape index (κ3) is 4.64. The Morgan fingerprint density at radius 1 is 0.815 bits per heavy atom. The molecule has 1 aromatic heterocycles. The zero-order chi connectivity index (χ0) is 18.3. The van der Waals surface area contributed by atoms with Gasteiger partial charge in [0.15, 0.2) is 0 Å². The Balaban J connectivity index is 1.34. The number of ether oxygens (including phenoxy) is 1. The minimum absolute atomic E-state index is 0.814. The number of nitrogens with one attached hydrogen (secondary N) is 1. The summed E-state index contributed by atoms with van der Waals surface area (Å²) in [5.74, 6) is 2.81. The lowest BCUT2D eigenvalue weighted by atomic mass is 10.2. The number of anilines is 1. The van der Waals surface area contributed by atoms with Crippen LogP contribution in [0.1, 0.15) is 5.56 Å². The number of hydrogen-bond donors (Lipinski definition) is 0. The minimum Gasteiger partial charge on any atom is -0.457 e. The predicted octanol–water partition coefficient (Wildman–Crippen LogP) is 3.45. The molecule has 4 rings (SSSR count). The van der Waals surface area contributed by atoms with E-state index in [9.17, 15) is 0 Å². The summed E-state index contributed by atoms with van der Waals surface area (Å²) < 4.78 is 5.89. The Hall–Kier alpha value is -3.34. The average molecular weight is 359 g/mol. The molecule has 0 amide bonds. The maximum atomic E-state index is 5.89. The number of pyridine rings is 1. The van der Waals surface area contributed by atoms with E-state index in [-0.39, 0.29) is 0 Å². The van der Waals surface area contributed by atoms with Crippen molar-refractivity contribution in [3.05, 3.63) is 84.6 Å². The normalized spacial score (nSPS) is 14.5. The number of hydrogen-bond acceptors (Lipinski definition) is 4. The van der Waals surface area contributed by atoms with Crippen molar-refractivity contribution in [2.45, 2.75) is 0 Å². The van der Waals surface area contributed by atoms with E-state index < -0.39 is 0 Å². The van der Waals surface area contributed by atoms with Gasteiger partial charge in [-0.2, -0.15) is 5.10 Å². The number of nitrogens with zero attached hydrogens (tertiary/aromatic N) is 3. The number of rotatable bonds is 5. The minimum atomic E-state index is 0.814. The van der Waals surface area contributed by atoms with Gasteiger partial charge in [-0.15, -0.1) is 0 Å². The van der Waals surface area contributed by atoms with E-state index in [1.165, 1.54) is 0 Å². The van der Waals surface area contributed by atoms with Gasteiger partial charge in [0.1, 0.15) is 24.6 Å². The lowest BCUT2D eigenvalue weighted by Crippen LogP contribution is -2.45. The first-order valence-corrected chi connectivity index (χ1v) is 9.20. The lowest BCUT2D eigenvalue weighted by molar-refractivity contribution is -0.364. The van der Waals surface area contributed by atoms with Crippen LogP contribution in [0.4, 0.5) is 5.82 Å². The molecular weight excluding hydrogens is 336 g/mol. The summed E-state index contributed by atoms with van der Waals surface area (Å²) >= 11 is 0. The molecule has 0 unspecified atom stereocenters. The van der Waals surface area contributed by atoms with Crippen LogP contribution in [0.2, 0.25) is 0 Å². The van der Waals surface area contributed by atoms with Crippen molar-refractivity contribution in [2.75, 3.05) is 31.1 Å². The average Bonchev–Trinajstić information content (AvgIpc) is 2.74. The quantitative estimate of drug-likeness (QED) is 0.655. The smallest absolute Gasteiger partial charge is 0.274 e. The summed E-state index contributed by atoms with van der Waals surface area (Å²) in [6.45, 7) is 3.71. The Bertz CT molecular complexity index is 875. The van der Waals surface area contributed by atoms with Crippen molar-refractivity contribution < 1.29 is 9.72 Å². The highest BCUT2D eigenvalue weighted by molar-refractivity contribution is 5.80. The molecule has 2 aromatic carbocycles. The molecule has 0 aliphatic carbocycles. The number of aromatic nitrogens is 1. The van der Waals surface area contributed by atoms with E-state index in [1.807, 2.05) is 73.1 Å². The van der Waals surface area contributed by atoms with Gasteiger partial charge in [0.2, 0.25) is 0 Å². The van der Waals surface area contributed by atoms with Crippen molar-refractivity contribution in [3.8, 4) is 11.5 Å². The topological polar surface area (TPSA) is 42.2 Å². The fraction of sp³-hybridized carbons (Fsp3) is 0.182. The molecule has 2 heterocycles. The molecule has 1 fully saturated rings. The zero-order valence-electron chi connectivity index (χ0n) is 15.2. The van der Waals surface area contributed by atoms with Gasteiger partial charge < -0.3 is 4.74 Å². The zero-order valence-corrected chi connectivity index (χ0v) is 15.2. The SMILES string of the molecule is C(=N/N1CCN(c2cccc[nH+]2)CC1)/c1cccc(Oc2ccccc2)c1. The standard InChI is InChI=1S/C22H22N4O/c1-2-8-20(9-3-1)27-21-10-6-7-19(17-21)18-24-26-15-13-25(14-16-26)22-11-4-5-12-23-22/h1-12,17-18H,13-16H2/p+1/b24-18-. The lowest BCUT2D eigenvalue weighted by Gasteiger charge is -2.28. The van der Waals surface area contributed by atoms with Crippen LogP contribution in [0.25, 0.3) is 0 Å². The van der Waals surface area contributed by atoms with Crippen molar-refractivity contribution in [2.24, 2.45) is 5.10 Å². The van der Waals surface area contributed by atoms with Gasteiger partial charge in [-0.1, -0.05) is 36.4 Å². The summed E-state index contributed by atoms with van der Waals surface area (Å²) in [6, 6.07) is 24.0. The molecule has 1 aliphatic heterocycles. The van der Waals surface area contributed by atoms with Crippen LogP contribution < -0.4 is 14.6 Å². The maximum Gasteiger partial charge on any atom is 0.274 e. The van der Waals surface area contributed by atoms with E-state index in [2.05, 4.69) is 32.1 Å². The molecule has 5 nitrogen and oxygen atoms in total. The molecule has 0 bridgehead atoms. The predicted molar refractivity (Wildman–Crippen MR) is 107 cm³/mol. The van der Waals surface area contributed by atoms with Gasteiger partial charge in [-0.25, -0.2) is 4.98 Å². The van der Waals surface area contributed by atoms with E-state index in [0.717, 1.165) is 49.1 Å². The maximum absolute atomic E-state index is 5.89. The molecule has 1 saturated heterocycles. The van der Waals surface area contributed by atoms with Gasteiger partial charge >= 0.3 is 0 Å². The fourth-order valence-electron chi connectivity index (χ4n) is 3.06. The molecule has 0 spiro atoms. The fourth-order valence-corrected chi connectivity index (χ4v) is 3.06. The number of piperazine rings is 1. The highest BCUT2D eigenvalue weighted by atomic mass is 16.5. The van der Waals surface area contributed by atoms with E-state index in [0.29, 0.717) is 0 Å². The largest absolute Gasteiger partial charge is 0.457 e. The first kappa shape index (κ1) is 17.1. The van der Waals surface area contributed by atoms with Crippen LogP contribution in [0.3, 0.4) is 0 Å².